The third-order valence-electron chi connectivity index (χ3n) is 6.20. The fraction of sp³-hybridized carbons (Fsp3) is 0.542. The smallest absolute Gasteiger partial charge is 0.321 e. The monoisotopic (exact) mass is 456 g/mol. The van der Waals surface area contributed by atoms with Crippen LogP contribution in [0.1, 0.15) is 32.1 Å². The first-order valence-corrected chi connectivity index (χ1v) is 11.7. The first-order chi connectivity index (χ1) is 16.1. The summed E-state index contributed by atoms with van der Waals surface area (Å²) in [6.07, 6.45) is 7.10. The number of ether oxygens (including phenoxy) is 2. The molecule has 0 bridgehead atoms. The Morgan fingerprint density at radius 3 is 2.58 bits per heavy atom. The molecule has 1 atom stereocenters. The van der Waals surface area contributed by atoms with E-state index in [1.54, 1.807) is 11.0 Å². The lowest BCUT2D eigenvalue weighted by Crippen LogP contribution is -2.55. The second-order valence-corrected chi connectivity index (χ2v) is 8.63. The quantitative estimate of drug-likeness (QED) is 0.632. The van der Waals surface area contributed by atoms with Gasteiger partial charge in [-0.2, -0.15) is 0 Å². The molecule has 9 heteroatoms. The summed E-state index contributed by atoms with van der Waals surface area (Å²) in [6, 6.07) is 6.84. The van der Waals surface area contributed by atoms with E-state index in [0.717, 1.165) is 19.3 Å². The summed E-state index contributed by atoms with van der Waals surface area (Å²) in [6.45, 7) is 2.94. The van der Waals surface area contributed by atoms with Crippen LogP contribution in [-0.4, -0.2) is 79.6 Å². The molecule has 1 aromatic rings. The minimum Gasteiger partial charge on any atom is -0.485 e. The molecule has 33 heavy (non-hydrogen) atoms. The number of amides is 4. The number of hydrogen-bond donors (Lipinski definition) is 2. The predicted octanol–water partition coefficient (Wildman–Crippen LogP) is 1.69. The molecule has 2 aliphatic heterocycles. The van der Waals surface area contributed by atoms with Crippen molar-refractivity contribution in [3.63, 3.8) is 0 Å². The van der Waals surface area contributed by atoms with Crippen molar-refractivity contribution in [2.75, 3.05) is 45.9 Å². The van der Waals surface area contributed by atoms with Crippen molar-refractivity contribution in [3.8, 4) is 11.5 Å². The molecule has 1 fully saturated rings. The number of nitrogens with zero attached hydrogens (tertiary/aromatic N) is 2. The summed E-state index contributed by atoms with van der Waals surface area (Å²) in [7, 11) is 0. The van der Waals surface area contributed by atoms with Crippen molar-refractivity contribution in [1.82, 2.24) is 20.4 Å². The molecule has 0 aromatic heterocycles. The number of nitrogens with one attached hydrogen (secondary N) is 2. The lowest BCUT2D eigenvalue weighted by molar-refractivity contribution is -0.143. The van der Waals surface area contributed by atoms with Crippen LogP contribution in [0, 0.1) is 0 Å². The van der Waals surface area contributed by atoms with Crippen LogP contribution >= 0.6 is 0 Å². The maximum absolute atomic E-state index is 12.8. The van der Waals surface area contributed by atoms with Crippen LogP contribution in [-0.2, 0) is 9.59 Å². The first-order valence-electron chi connectivity index (χ1n) is 11.7. The average molecular weight is 457 g/mol. The van der Waals surface area contributed by atoms with Crippen molar-refractivity contribution < 1.29 is 23.9 Å². The molecule has 0 saturated carbocycles. The van der Waals surface area contributed by atoms with E-state index < -0.39 is 12.1 Å². The van der Waals surface area contributed by atoms with Crippen molar-refractivity contribution in [2.24, 2.45) is 0 Å². The fourth-order valence-electron chi connectivity index (χ4n) is 4.35. The number of benzene rings is 1. The highest BCUT2D eigenvalue weighted by atomic mass is 16.6. The lowest BCUT2D eigenvalue weighted by Gasteiger charge is -2.36. The van der Waals surface area contributed by atoms with Crippen molar-refractivity contribution >= 4 is 17.8 Å². The number of allylic oxidation sites excluding steroid dienone is 1. The highest BCUT2D eigenvalue weighted by molar-refractivity contribution is 5.95. The van der Waals surface area contributed by atoms with Crippen LogP contribution in [0.25, 0.3) is 0 Å². The number of para-hydroxylation sites is 2. The second-order valence-electron chi connectivity index (χ2n) is 8.63. The minimum atomic E-state index is -0.664. The maximum atomic E-state index is 12.8. The summed E-state index contributed by atoms with van der Waals surface area (Å²) < 4.78 is 11.5. The van der Waals surface area contributed by atoms with Gasteiger partial charge in [-0.1, -0.05) is 23.8 Å². The maximum Gasteiger partial charge on any atom is 0.321 e. The van der Waals surface area contributed by atoms with Crippen molar-refractivity contribution in [2.45, 2.75) is 38.2 Å². The van der Waals surface area contributed by atoms with Crippen molar-refractivity contribution in [1.29, 1.82) is 0 Å². The Balaban J connectivity index is 1.13. The normalized spacial score (nSPS) is 20.5. The lowest BCUT2D eigenvalue weighted by atomic mass is 9.97. The van der Waals surface area contributed by atoms with E-state index in [4.69, 9.17) is 9.47 Å². The van der Waals surface area contributed by atoms with Gasteiger partial charge in [0.1, 0.15) is 6.61 Å². The van der Waals surface area contributed by atoms with Crippen LogP contribution in [0.2, 0.25) is 0 Å². The molecule has 1 unspecified atom stereocenters. The van der Waals surface area contributed by atoms with Gasteiger partial charge >= 0.3 is 6.03 Å². The second kappa shape index (κ2) is 11.2. The zero-order valence-electron chi connectivity index (χ0n) is 18.9. The van der Waals surface area contributed by atoms with Crippen LogP contribution in [0.3, 0.4) is 0 Å². The molecule has 3 aliphatic rings. The number of imide groups is 1. The zero-order chi connectivity index (χ0) is 23.0. The number of rotatable bonds is 6. The van der Waals surface area contributed by atoms with E-state index in [0.29, 0.717) is 44.2 Å². The van der Waals surface area contributed by atoms with Gasteiger partial charge < -0.3 is 19.7 Å². The van der Waals surface area contributed by atoms with Gasteiger partial charge in [0, 0.05) is 32.7 Å². The molecule has 4 amide bonds. The SMILES string of the molecule is O=C(CN1CCN(C(=O)C2COc3ccccc3O2)CC1)NC(=O)NCCC1=CCCCC1. The Bertz CT molecular complexity index is 895. The highest BCUT2D eigenvalue weighted by Gasteiger charge is 2.33. The van der Waals surface area contributed by atoms with Crippen molar-refractivity contribution in [3.05, 3.63) is 35.9 Å². The van der Waals surface area contributed by atoms with E-state index in [9.17, 15) is 14.4 Å². The average Bonchev–Trinajstić information content (AvgIpc) is 2.84. The number of carbonyl (C=O) groups excluding carboxylic acids is 3. The largest absolute Gasteiger partial charge is 0.485 e. The molecule has 1 aliphatic carbocycles. The van der Waals surface area contributed by atoms with Crippen LogP contribution < -0.4 is 20.1 Å². The number of piperazine rings is 1. The predicted molar refractivity (Wildman–Crippen MR) is 122 cm³/mol. The fourth-order valence-corrected chi connectivity index (χ4v) is 4.35. The Labute approximate surface area is 194 Å². The topological polar surface area (TPSA) is 100 Å². The van der Waals surface area contributed by atoms with Crippen LogP contribution in [0.5, 0.6) is 11.5 Å². The van der Waals surface area contributed by atoms with Crippen LogP contribution in [0.15, 0.2) is 35.9 Å². The molecule has 4 rings (SSSR count). The van der Waals surface area contributed by atoms with Gasteiger partial charge in [0.2, 0.25) is 12.0 Å². The highest BCUT2D eigenvalue weighted by Crippen LogP contribution is 2.31. The van der Waals surface area contributed by atoms with Gasteiger partial charge in [0.05, 0.1) is 6.54 Å². The molecule has 2 N–H and O–H groups in total. The Morgan fingerprint density at radius 1 is 1.03 bits per heavy atom. The molecule has 1 aromatic carbocycles. The molecule has 1 saturated heterocycles. The Hall–Kier alpha value is -3.07. The van der Waals surface area contributed by atoms with Gasteiger partial charge in [0.25, 0.3) is 5.91 Å². The minimum absolute atomic E-state index is 0.110. The zero-order valence-corrected chi connectivity index (χ0v) is 18.9. The number of urea groups is 1. The summed E-state index contributed by atoms with van der Waals surface area (Å²) >= 11 is 0. The molecule has 0 radical (unpaired) electrons. The molecular formula is C24H32N4O5. The van der Waals surface area contributed by atoms with E-state index in [2.05, 4.69) is 16.7 Å². The summed E-state index contributed by atoms with van der Waals surface area (Å²) in [5, 5.41) is 5.15. The van der Waals surface area contributed by atoms with E-state index >= 15 is 0 Å². The summed E-state index contributed by atoms with van der Waals surface area (Å²) in [5.41, 5.74) is 1.38. The molecule has 2 heterocycles. The molecule has 178 valence electrons. The first kappa shape index (κ1) is 23.1. The van der Waals surface area contributed by atoms with Gasteiger partial charge in [0.15, 0.2) is 11.5 Å². The Morgan fingerprint density at radius 2 is 1.82 bits per heavy atom. The third-order valence-corrected chi connectivity index (χ3v) is 6.20. The Kier molecular flexibility index (Phi) is 7.83. The van der Waals surface area contributed by atoms with E-state index in [1.807, 2.05) is 23.1 Å². The molecule has 0 spiro atoms. The van der Waals surface area contributed by atoms with Gasteiger partial charge in [-0.3, -0.25) is 19.8 Å². The number of fused-ring (bicyclic) bond motifs is 1. The van der Waals surface area contributed by atoms with Crippen LogP contribution in [0.4, 0.5) is 4.79 Å². The number of carbonyl (C=O) groups is 3. The molecular weight excluding hydrogens is 424 g/mol. The third kappa shape index (κ3) is 6.47. The standard InChI is InChI=1S/C24H32N4O5/c29-22(26-24(31)25-11-10-18-6-2-1-3-7-18)16-27-12-14-28(15-13-27)23(30)21-17-32-19-8-4-5-9-20(19)33-21/h4-6,8-9,21H,1-3,7,10-17H2,(H2,25,26,29,31). The van der Waals surface area contributed by atoms with E-state index in [-0.39, 0.29) is 25.0 Å². The number of hydrogen-bond acceptors (Lipinski definition) is 6. The van der Waals surface area contributed by atoms with E-state index in [1.165, 1.54) is 18.4 Å². The van der Waals surface area contributed by atoms with Gasteiger partial charge in [-0.05, 0) is 44.2 Å². The summed E-state index contributed by atoms with van der Waals surface area (Å²) in [5.74, 6) is 0.768. The summed E-state index contributed by atoms with van der Waals surface area (Å²) in [4.78, 5) is 40.7. The van der Waals surface area contributed by atoms with Gasteiger partial charge in [-0.25, -0.2) is 4.79 Å². The van der Waals surface area contributed by atoms with Gasteiger partial charge in [-0.15, -0.1) is 0 Å². The molecule has 9 nitrogen and oxygen atoms in total.